The average Bonchev–Trinajstić information content (AvgIpc) is 3.31. The SMILES string of the molecule is CCOC(=O)c1cnc2ccc(N3C[C@@H](F)C[C@@H]3c3cc(F)ccc3SC)nn12. The van der Waals surface area contributed by atoms with Crippen molar-refractivity contribution in [3.8, 4) is 0 Å². The van der Waals surface area contributed by atoms with Crippen LogP contribution in [0.5, 0.6) is 0 Å². The largest absolute Gasteiger partial charge is 0.461 e. The molecular weight excluding hydrogens is 398 g/mol. The normalized spacial score (nSPS) is 19.1. The number of hydrogen-bond acceptors (Lipinski definition) is 6. The van der Waals surface area contributed by atoms with E-state index in [-0.39, 0.29) is 37.1 Å². The van der Waals surface area contributed by atoms with Crippen LogP contribution in [0, 0.1) is 5.82 Å². The van der Waals surface area contributed by atoms with E-state index in [1.165, 1.54) is 34.6 Å². The summed E-state index contributed by atoms with van der Waals surface area (Å²) in [5, 5.41) is 4.52. The summed E-state index contributed by atoms with van der Waals surface area (Å²) in [6, 6.07) is 7.67. The van der Waals surface area contributed by atoms with Gasteiger partial charge >= 0.3 is 5.97 Å². The van der Waals surface area contributed by atoms with Crippen LogP contribution < -0.4 is 4.90 Å². The fourth-order valence-electron chi connectivity index (χ4n) is 3.66. The molecule has 1 aromatic carbocycles. The standard InChI is InChI=1S/C20H20F2N4O2S/c1-3-28-20(27)16-10-23-18-6-7-19(24-26(16)18)25-11-13(22)9-15(25)14-8-12(21)4-5-17(14)29-2/h4-8,10,13,15H,3,9,11H2,1-2H3/t13-,15+/m0/s1. The number of imidazole rings is 1. The van der Waals surface area contributed by atoms with Crippen LogP contribution in [0.1, 0.15) is 35.4 Å². The van der Waals surface area contributed by atoms with Crippen LogP contribution >= 0.6 is 11.8 Å². The maximum absolute atomic E-state index is 14.4. The molecule has 1 saturated heterocycles. The minimum Gasteiger partial charge on any atom is -0.461 e. The number of aromatic nitrogens is 3. The molecule has 0 bridgehead atoms. The zero-order valence-electron chi connectivity index (χ0n) is 16.0. The summed E-state index contributed by atoms with van der Waals surface area (Å²) in [6.07, 6.45) is 2.49. The van der Waals surface area contributed by atoms with Gasteiger partial charge in [-0.1, -0.05) is 0 Å². The molecule has 0 amide bonds. The van der Waals surface area contributed by atoms with Gasteiger partial charge in [-0.15, -0.1) is 16.9 Å². The van der Waals surface area contributed by atoms with E-state index in [1.807, 2.05) is 11.2 Å². The number of benzene rings is 1. The molecule has 1 aliphatic rings. The monoisotopic (exact) mass is 418 g/mol. The second kappa shape index (κ2) is 7.98. The third kappa shape index (κ3) is 3.66. The van der Waals surface area contributed by atoms with Gasteiger partial charge in [-0.2, -0.15) is 0 Å². The van der Waals surface area contributed by atoms with E-state index >= 15 is 0 Å². The van der Waals surface area contributed by atoms with Crippen molar-refractivity contribution in [1.82, 2.24) is 14.6 Å². The van der Waals surface area contributed by atoms with Crippen molar-refractivity contribution in [3.63, 3.8) is 0 Å². The maximum Gasteiger partial charge on any atom is 0.358 e. The molecule has 6 nitrogen and oxygen atoms in total. The van der Waals surface area contributed by atoms with Crippen LogP contribution in [0.3, 0.4) is 0 Å². The lowest BCUT2D eigenvalue weighted by Crippen LogP contribution is -2.26. The predicted molar refractivity (Wildman–Crippen MR) is 107 cm³/mol. The Morgan fingerprint density at radius 1 is 1.34 bits per heavy atom. The molecular formula is C20H20F2N4O2S. The van der Waals surface area contributed by atoms with E-state index in [2.05, 4.69) is 10.1 Å². The highest BCUT2D eigenvalue weighted by molar-refractivity contribution is 7.98. The highest BCUT2D eigenvalue weighted by Crippen LogP contribution is 2.40. The lowest BCUT2D eigenvalue weighted by molar-refractivity contribution is 0.0516. The maximum atomic E-state index is 14.4. The minimum absolute atomic E-state index is 0.136. The smallest absolute Gasteiger partial charge is 0.358 e. The molecule has 0 spiro atoms. The van der Waals surface area contributed by atoms with Crippen LogP contribution in [-0.2, 0) is 4.74 Å². The number of carbonyl (C=O) groups excluding carboxylic acids is 1. The second-order valence-corrected chi connectivity index (χ2v) is 7.56. The van der Waals surface area contributed by atoms with Gasteiger partial charge in [0.2, 0.25) is 0 Å². The highest BCUT2D eigenvalue weighted by atomic mass is 32.2. The quantitative estimate of drug-likeness (QED) is 0.460. The van der Waals surface area contributed by atoms with E-state index in [4.69, 9.17) is 4.74 Å². The topological polar surface area (TPSA) is 59.7 Å². The summed E-state index contributed by atoms with van der Waals surface area (Å²) in [4.78, 5) is 19.1. The fraction of sp³-hybridized carbons (Fsp3) is 0.350. The molecule has 0 N–H and O–H groups in total. The van der Waals surface area contributed by atoms with E-state index in [9.17, 15) is 13.6 Å². The van der Waals surface area contributed by atoms with Gasteiger partial charge < -0.3 is 9.64 Å². The molecule has 0 aliphatic carbocycles. The number of hydrogen-bond donors (Lipinski definition) is 0. The van der Waals surface area contributed by atoms with Gasteiger partial charge in [0, 0.05) is 11.3 Å². The molecule has 152 valence electrons. The second-order valence-electron chi connectivity index (χ2n) is 6.71. The molecule has 29 heavy (non-hydrogen) atoms. The summed E-state index contributed by atoms with van der Waals surface area (Å²) in [6.45, 7) is 2.09. The fourth-order valence-corrected chi connectivity index (χ4v) is 4.29. The Hall–Kier alpha value is -2.68. The number of thioether (sulfide) groups is 1. The van der Waals surface area contributed by atoms with Gasteiger partial charge in [-0.05, 0) is 49.1 Å². The third-order valence-electron chi connectivity index (χ3n) is 4.93. The minimum atomic E-state index is -1.07. The van der Waals surface area contributed by atoms with E-state index in [0.717, 1.165) is 10.5 Å². The van der Waals surface area contributed by atoms with Crippen molar-refractivity contribution in [2.75, 3.05) is 24.3 Å². The highest BCUT2D eigenvalue weighted by Gasteiger charge is 2.36. The molecule has 3 aromatic rings. The Bertz CT molecular complexity index is 1060. The number of alkyl halides is 1. The van der Waals surface area contributed by atoms with Crippen molar-refractivity contribution in [3.05, 3.63) is 53.6 Å². The number of esters is 1. The number of rotatable bonds is 5. The summed E-state index contributed by atoms with van der Waals surface area (Å²) in [5.74, 6) is -0.397. The van der Waals surface area contributed by atoms with Crippen LogP contribution in [0.2, 0.25) is 0 Å². The van der Waals surface area contributed by atoms with Gasteiger partial charge in [-0.3, -0.25) is 0 Å². The third-order valence-corrected chi connectivity index (χ3v) is 5.74. The number of nitrogens with zero attached hydrogens (tertiary/aromatic N) is 4. The average molecular weight is 418 g/mol. The molecule has 1 aliphatic heterocycles. The first-order valence-corrected chi connectivity index (χ1v) is 10.5. The number of anilines is 1. The van der Waals surface area contributed by atoms with Crippen LogP contribution in [0.15, 0.2) is 41.4 Å². The summed E-state index contributed by atoms with van der Waals surface area (Å²) < 4.78 is 34.8. The van der Waals surface area contributed by atoms with Crippen molar-refractivity contribution in [2.45, 2.75) is 30.5 Å². The van der Waals surface area contributed by atoms with Gasteiger partial charge in [0.05, 0.1) is 25.4 Å². The number of halogens is 2. The van der Waals surface area contributed by atoms with Gasteiger partial charge in [0.25, 0.3) is 0 Å². The van der Waals surface area contributed by atoms with Gasteiger partial charge in [0.15, 0.2) is 11.3 Å². The molecule has 9 heteroatoms. The summed E-state index contributed by atoms with van der Waals surface area (Å²) in [7, 11) is 0. The first-order valence-electron chi connectivity index (χ1n) is 9.28. The Balaban J connectivity index is 1.76. The van der Waals surface area contributed by atoms with Crippen LogP contribution in [0.4, 0.5) is 14.6 Å². The Kier molecular flexibility index (Phi) is 5.40. The number of carbonyl (C=O) groups is 1. The lowest BCUT2D eigenvalue weighted by Gasteiger charge is -2.27. The van der Waals surface area contributed by atoms with Gasteiger partial charge in [0.1, 0.15) is 17.8 Å². The Morgan fingerprint density at radius 2 is 2.17 bits per heavy atom. The van der Waals surface area contributed by atoms with E-state index in [0.29, 0.717) is 11.5 Å². The molecule has 2 aromatic heterocycles. The van der Waals surface area contributed by atoms with Crippen molar-refractivity contribution in [2.24, 2.45) is 0 Å². The molecule has 1 fully saturated rings. The predicted octanol–water partition coefficient (Wildman–Crippen LogP) is 4.06. The molecule has 0 unspecified atom stereocenters. The molecule has 0 radical (unpaired) electrons. The van der Waals surface area contributed by atoms with Crippen LogP contribution in [-0.4, -0.2) is 46.1 Å². The first kappa shape index (κ1) is 19.6. The Morgan fingerprint density at radius 3 is 2.93 bits per heavy atom. The lowest BCUT2D eigenvalue weighted by atomic mass is 10.0. The zero-order valence-corrected chi connectivity index (χ0v) is 16.8. The van der Waals surface area contributed by atoms with Crippen molar-refractivity contribution >= 4 is 29.2 Å². The molecule has 0 saturated carbocycles. The first-order chi connectivity index (χ1) is 14.0. The van der Waals surface area contributed by atoms with Crippen LogP contribution in [0.25, 0.3) is 5.65 Å². The molecule has 4 rings (SSSR count). The van der Waals surface area contributed by atoms with Crippen molar-refractivity contribution < 1.29 is 18.3 Å². The summed E-state index contributed by atoms with van der Waals surface area (Å²) in [5.41, 5.74) is 1.42. The van der Waals surface area contributed by atoms with Crippen molar-refractivity contribution in [1.29, 1.82) is 0 Å². The zero-order chi connectivity index (χ0) is 20.5. The molecule has 2 atom stereocenters. The van der Waals surface area contributed by atoms with E-state index < -0.39 is 12.1 Å². The summed E-state index contributed by atoms with van der Waals surface area (Å²) >= 11 is 1.49. The van der Waals surface area contributed by atoms with Gasteiger partial charge in [-0.25, -0.2) is 23.1 Å². The molecule has 3 heterocycles. The Labute approximate surface area is 170 Å². The van der Waals surface area contributed by atoms with E-state index in [1.54, 1.807) is 25.1 Å². The number of ether oxygens (including phenoxy) is 1. The number of fused-ring (bicyclic) bond motifs is 1.